The summed E-state index contributed by atoms with van der Waals surface area (Å²) >= 11 is 0. The minimum absolute atomic E-state index is 0.0242. The molecule has 0 spiro atoms. The van der Waals surface area contributed by atoms with Gasteiger partial charge in [0.1, 0.15) is 0 Å². The molecule has 1 aliphatic rings. The highest BCUT2D eigenvalue weighted by molar-refractivity contribution is 5.75. The van der Waals surface area contributed by atoms with Gasteiger partial charge in [0.2, 0.25) is 11.5 Å². The van der Waals surface area contributed by atoms with Crippen LogP contribution < -0.4 is 4.74 Å². The molecule has 148 valence electrons. The second-order valence-corrected chi connectivity index (χ2v) is 7.20. The third-order valence-electron chi connectivity index (χ3n) is 5.65. The average molecular weight is 398 g/mol. The van der Waals surface area contributed by atoms with Gasteiger partial charge in [-0.1, -0.05) is 60.7 Å². The fraction of sp³-hybridized carbons (Fsp3) is 0.0400. The van der Waals surface area contributed by atoms with E-state index < -0.39 is 16.9 Å². The topological polar surface area (TPSA) is 90.2 Å². The van der Waals surface area contributed by atoms with E-state index in [1.54, 1.807) is 12.1 Å². The van der Waals surface area contributed by atoms with Crippen molar-refractivity contribution >= 4 is 0 Å². The molecular formula is C25H18O5. The van der Waals surface area contributed by atoms with Crippen LogP contribution in [-0.4, -0.2) is 20.4 Å². The van der Waals surface area contributed by atoms with Gasteiger partial charge in [0, 0.05) is 11.1 Å². The fourth-order valence-electron chi connectivity index (χ4n) is 4.33. The first-order valence-corrected chi connectivity index (χ1v) is 9.45. The van der Waals surface area contributed by atoms with Crippen molar-refractivity contribution in [1.29, 1.82) is 0 Å². The van der Waals surface area contributed by atoms with Crippen LogP contribution >= 0.6 is 0 Å². The molecule has 0 aliphatic carbocycles. The summed E-state index contributed by atoms with van der Waals surface area (Å²) in [6.07, 6.45) is 0. The smallest absolute Gasteiger partial charge is 0.201 e. The molecule has 4 aromatic carbocycles. The van der Waals surface area contributed by atoms with Crippen molar-refractivity contribution in [2.75, 3.05) is 0 Å². The first-order chi connectivity index (χ1) is 14.5. The van der Waals surface area contributed by atoms with E-state index in [-0.39, 0.29) is 23.0 Å². The Kier molecular flexibility index (Phi) is 3.86. The molecule has 4 N–H and O–H groups in total. The molecule has 0 unspecified atom stereocenters. The third kappa shape index (κ3) is 2.29. The van der Waals surface area contributed by atoms with Gasteiger partial charge in [0.15, 0.2) is 23.0 Å². The number of hydrogen-bond acceptors (Lipinski definition) is 5. The molecule has 1 heterocycles. The number of hydrogen-bond donors (Lipinski definition) is 4. The van der Waals surface area contributed by atoms with E-state index >= 15 is 0 Å². The number of ether oxygens (including phenoxy) is 1. The molecule has 0 aromatic heterocycles. The third-order valence-corrected chi connectivity index (χ3v) is 5.65. The van der Waals surface area contributed by atoms with E-state index in [0.717, 1.165) is 11.1 Å². The van der Waals surface area contributed by atoms with Crippen molar-refractivity contribution in [2.45, 2.75) is 5.41 Å². The highest BCUT2D eigenvalue weighted by Gasteiger charge is 2.47. The van der Waals surface area contributed by atoms with Crippen LogP contribution in [0.25, 0.3) is 0 Å². The number of aromatic hydroxyl groups is 4. The van der Waals surface area contributed by atoms with Gasteiger partial charge in [-0.15, -0.1) is 0 Å². The van der Waals surface area contributed by atoms with E-state index in [9.17, 15) is 20.4 Å². The summed E-state index contributed by atoms with van der Waals surface area (Å²) in [6.45, 7) is 0. The highest BCUT2D eigenvalue weighted by Crippen LogP contribution is 2.61. The number of phenolic OH excluding ortho intramolecular Hbond substituents is 4. The molecule has 0 atom stereocenters. The maximum Gasteiger partial charge on any atom is 0.201 e. The maximum absolute atomic E-state index is 10.6. The summed E-state index contributed by atoms with van der Waals surface area (Å²) in [5.74, 6) is -1.50. The molecule has 5 heteroatoms. The Morgan fingerprint density at radius 1 is 0.500 bits per heavy atom. The van der Waals surface area contributed by atoms with Crippen molar-refractivity contribution in [3.8, 4) is 34.5 Å². The standard InChI is InChI=1S/C25H18O5/c26-19-13-11-17-23(21(19)28)30-24-18(12-14-20(27)22(24)29)25(17,15-7-3-1-4-8-15)16-9-5-2-6-10-16/h1-14,26-29H. The Bertz CT molecular complexity index is 1150. The van der Waals surface area contributed by atoms with Crippen LogP contribution in [0.5, 0.6) is 34.5 Å². The summed E-state index contributed by atoms with van der Waals surface area (Å²) in [7, 11) is 0. The second kappa shape index (κ2) is 6.46. The van der Waals surface area contributed by atoms with Crippen LogP contribution in [0.2, 0.25) is 0 Å². The Hall–Kier alpha value is -4.12. The summed E-state index contributed by atoms with van der Waals surface area (Å²) in [5.41, 5.74) is 1.98. The van der Waals surface area contributed by atoms with Crippen molar-refractivity contribution in [3.05, 3.63) is 107 Å². The first-order valence-electron chi connectivity index (χ1n) is 9.45. The monoisotopic (exact) mass is 398 g/mol. The number of benzene rings is 4. The summed E-state index contributed by atoms with van der Waals surface area (Å²) in [6, 6.07) is 25.5. The molecule has 30 heavy (non-hydrogen) atoms. The van der Waals surface area contributed by atoms with E-state index in [4.69, 9.17) is 4.74 Å². The number of phenols is 4. The van der Waals surface area contributed by atoms with Gasteiger partial charge in [-0.2, -0.15) is 0 Å². The van der Waals surface area contributed by atoms with Gasteiger partial charge in [0.25, 0.3) is 0 Å². The predicted octanol–water partition coefficient (Wildman–Crippen LogP) is 5.00. The second-order valence-electron chi connectivity index (χ2n) is 7.20. The largest absolute Gasteiger partial charge is 0.504 e. The van der Waals surface area contributed by atoms with E-state index in [1.165, 1.54) is 12.1 Å². The van der Waals surface area contributed by atoms with Crippen LogP contribution in [0.1, 0.15) is 22.3 Å². The maximum atomic E-state index is 10.6. The van der Waals surface area contributed by atoms with Crippen LogP contribution in [-0.2, 0) is 5.41 Å². The zero-order valence-corrected chi connectivity index (χ0v) is 15.8. The normalized spacial score (nSPS) is 13.7. The van der Waals surface area contributed by atoms with E-state index in [1.807, 2.05) is 60.7 Å². The van der Waals surface area contributed by atoms with Crippen LogP contribution in [0.4, 0.5) is 0 Å². The lowest BCUT2D eigenvalue weighted by Crippen LogP contribution is -2.34. The van der Waals surface area contributed by atoms with Crippen molar-refractivity contribution in [3.63, 3.8) is 0 Å². The molecule has 1 aliphatic heterocycles. The van der Waals surface area contributed by atoms with Crippen molar-refractivity contribution < 1.29 is 25.2 Å². The minimum atomic E-state index is -0.970. The summed E-state index contributed by atoms with van der Waals surface area (Å²) in [5, 5.41) is 41.5. The lowest BCUT2D eigenvalue weighted by molar-refractivity contribution is 0.334. The Morgan fingerprint density at radius 3 is 1.30 bits per heavy atom. The number of rotatable bonds is 2. The van der Waals surface area contributed by atoms with Gasteiger partial charge < -0.3 is 25.2 Å². The average Bonchev–Trinajstić information content (AvgIpc) is 2.79. The van der Waals surface area contributed by atoms with Gasteiger partial charge in [-0.3, -0.25) is 0 Å². The number of fused-ring (bicyclic) bond motifs is 2. The van der Waals surface area contributed by atoms with Gasteiger partial charge in [-0.25, -0.2) is 0 Å². The summed E-state index contributed by atoms with van der Waals surface area (Å²) in [4.78, 5) is 0. The van der Waals surface area contributed by atoms with E-state index in [0.29, 0.717) is 11.1 Å². The molecule has 0 fully saturated rings. The first kappa shape index (κ1) is 17.9. The molecule has 0 radical (unpaired) electrons. The molecule has 0 amide bonds. The zero-order chi connectivity index (χ0) is 20.9. The highest BCUT2D eigenvalue weighted by atomic mass is 16.5. The molecule has 0 bridgehead atoms. The van der Waals surface area contributed by atoms with Crippen LogP contribution in [0.15, 0.2) is 84.9 Å². The lowest BCUT2D eigenvalue weighted by atomic mass is 9.63. The van der Waals surface area contributed by atoms with Gasteiger partial charge in [-0.05, 0) is 35.4 Å². The van der Waals surface area contributed by atoms with Gasteiger partial charge in [0.05, 0.1) is 5.41 Å². The molecule has 5 nitrogen and oxygen atoms in total. The van der Waals surface area contributed by atoms with Crippen molar-refractivity contribution in [1.82, 2.24) is 0 Å². The summed E-state index contributed by atoms with van der Waals surface area (Å²) < 4.78 is 5.88. The van der Waals surface area contributed by atoms with Crippen LogP contribution in [0, 0.1) is 0 Å². The quantitative estimate of drug-likeness (QED) is 0.314. The van der Waals surface area contributed by atoms with Gasteiger partial charge >= 0.3 is 0 Å². The Balaban J connectivity index is 2.01. The predicted molar refractivity (Wildman–Crippen MR) is 111 cm³/mol. The van der Waals surface area contributed by atoms with E-state index in [2.05, 4.69) is 0 Å². The SMILES string of the molecule is Oc1ccc2c(c1O)Oc1c(ccc(O)c1O)C2(c1ccccc1)c1ccccc1. The minimum Gasteiger partial charge on any atom is -0.504 e. The lowest BCUT2D eigenvalue weighted by Gasteiger charge is -2.41. The Labute approximate surface area is 172 Å². The molecule has 4 aromatic rings. The molecule has 0 saturated heterocycles. The fourth-order valence-corrected chi connectivity index (χ4v) is 4.33. The molecule has 0 saturated carbocycles. The zero-order valence-electron chi connectivity index (χ0n) is 15.8. The molecular weight excluding hydrogens is 380 g/mol. The van der Waals surface area contributed by atoms with Crippen LogP contribution in [0.3, 0.4) is 0 Å². The molecule has 5 rings (SSSR count). The van der Waals surface area contributed by atoms with Crippen molar-refractivity contribution in [2.24, 2.45) is 0 Å². The Morgan fingerprint density at radius 2 is 0.900 bits per heavy atom.